The summed E-state index contributed by atoms with van der Waals surface area (Å²) in [5.41, 5.74) is 0. The van der Waals surface area contributed by atoms with Gasteiger partial charge in [0.2, 0.25) is 0 Å². The molecule has 1 nitrogen and oxygen atoms in total. The molecule has 0 unspecified atom stereocenters. The molecule has 0 aromatic carbocycles. The summed E-state index contributed by atoms with van der Waals surface area (Å²) in [5, 5.41) is 0. The number of hydrogen-bond donors (Lipinski definition) is 0. The van der Waals surface area contributed by atoms with E-state index in [1.54, 1.807) is 0 Å². The van der Waals surface area contributed by atoms with E-state index in [4.69, 9.17) is 3.07 Å². The average Bonchev–Trinajstić information content (AvgIpc) is 2.51. The fourth-order valence-electron chi connectivity index (χ4n) is 3.14. The van der Waals surface area contributed by atoms with Crippen molar-refractivity contribution in [3.8, 4) is 0 Å². The zero-order valence-electron chi connectivity index (χ0n) is 15.5. The molecule has 128 valence electrons. The molecule has 0 fully saturated rings. The van der Waals surface area contributed by atoms with E-state index in [1.807, 2.05) is 0 Å². The molecule has 0 heterocycles. The normalized spacial score (nSPS) is 12.0. The SMILES string of the molecule is CCCCCCC[CH2][Sn]([CH2]CCC)([CH2]CCC)[O]CCC. The van der Waals surface area contributed by atoms with Crippen LogP contribution in [0.4, 0.5) is 0 Å². The van der Waals surface area contributed by atoms with Crippen molar-refractivity contribution in [3.05, 3.63) is 0 Å². The molecule has 0 N–H and O–H groups in total. The maximum atomic E-state index is 6.62. The second-order valence-corrected chi connectivity index (χ2v) is 18.6. The fourth-order valence-corrected chi connectivity index (χ4v) is 16.6. The molecule has 0 saturated heterocycles. The summed E-state index contributed by atoms with van der Waals surface area (Å²) in [6, 6.07) is 0. The minimum atomic E-state index is -2.26. The Kier molecular flexibility index (Phi) is 16.2. The maximum absolute atomic E-state index is 6.62. The Bertz CT molecular complexity index is 184. The molecular weight excluding hydrogens is 363 g/mol. The van der Waals surface area contributed by atoms with Crippen LogP contribution in [0, 0.1) is 0 Å². The number of rotatable bonds is 16. The van der Waals surface area contributed by atoms with Gasteiger partial charge in [0.1, 0.15) is 0 Å². The zero-order valence-corrected chi connectivity index (χ0v) is 18.4. The van der Waals surface area contributed by atoms with Crippen molar-refractivity contribution in [3.63, 3.8) is 0 Å². The van der Waals surface area contributed by atoms with Gasteiger partial charge in [0.15, 0.2) is 0 Å². The van der Waals surface area contributed by atoms with E-state index >= 15 is 0 Å². The van der Waals surface area contributed by atoms with Gasteiger partial charge in [-0.25, -0.2) is 0 Å². The van der Waals surface area contributed by atoms with Gasteiger partial charge in [0.05, 0.1) is 0 Å². The van der Waals surface area contributed by atoms with E-state index in [0.29, 0.717) is 0 Å². The molecule has 0 aromatic rings. The van der Waals surface area contributed by atoms with E-state index in [1.165, 1.54) is 83.9 Å². The van der Waals surface area contributed by atoms with Gasteiger partial charge in [-0.05, 0) is 0 Å². The first kappa shape index (κ1) is 21.8. The first-order valence-corrected chi connectivity index (χ1v) is 17.1. The number of unbranched alkanes of at least 4 members (excludes halogenated alkanes) is 7. The molecule has 0 amide bonds. The molecule has 0 spiro atoms. The van der Waals surface area contributed by atoms with Crippen LogP contribution in [0.5, 0.6) is 0 Å². The van der Waals surface area contributed by atoms with Crippen molar-refractivity contribution in [2.75, 3.05) is 6.61 Å². The van der Waals surface area contributed by atoms with Gasteiger partial charge in [-0.1, -0.05) is 0 Å². The molecule has 0 bridgehead atoms. The predicted molar refractivity (Wildman–Crippen MR) is 99.6 cm³/mol. The standard InChI is InChI=1S/C8H17.2C4H9.C3H7O.Sn/c1-3-5-7-8-6-4-2;2*1-3-4-2;1-2-3-4;/h1,3-8H2,2H3;2*1,3-4H2,2H3;2-3H2,1H3;/q;;;-1;+1. The number of hydrogen-bond acceptors (Lipinski definition) is 1. The Morgan fingerprint density at radius 3 is 1.52 bits per heavy atom. The van der Waals surface area contributed by atoms with E-state index in [0.717, 1.165) is 6.61 Å². The van der Waals surface area contributed by atoms with Gasteiger partial charge in [-0.2, -0.15) is 0 Å². The third-order valence-corrected chi connectivity index (χ3v) is 17.7. The Morgan fingerprint density at radius 2 is 1.00 bits per heavy atom. The van der Waals surface area contributed by atoms with Crippen LogP contribution in [0.15, 0.2) is 0 Å². The molecule has 0 aliphatic carbocycles. The molecule has 0 radical (unpaired) electrons. The first-order valence-electron chi connectivity index (χ1n) is 9.88. The Labute approximate surface area is 140 Å². The molecule has 0 rings (SSSR count). The first-order chi connectivity index (χ1) is 10.2. The van der Waals surface area contributed by atoms with Gasteiger partial charge in [0.25, 0.3) is 0 Å². The summed E-state index contributed by atoms with van der Waals surface area (Å²) >= 11 is -2.26. The van der Waals surface area contributed by atoms with Crippen LogP contribution in [0.1, 0.15) is 98.3 Å². The van der Waals surface area contributed by atoms with Crippen molar-refractivity contribution in [2.24, 2.45) is 0 Å². The summed E-state index contributed by atoms with van der Waals surface area (Å²) in [6.45, 7) is 10.3. The molecule has 0 atom stereocenters. The molecule has 0 aliphatic rings. The molecule has 21 heavy (non-hydrogen) atoms. The molecule has 0 aliphatic heterocycles. The van der Waals surface area contributed by atoms with Crippen LogP contribution >= 0.6 is 0 Å². The minimum absolute atomic E-state index is 1.04. The summed E-state index contributed by atoms with van der Waals surface area (Å²) in [7, 11) is 0. The van der Waals surface area contributed by atoms with Gasteiger partial charge in [-0.15, -0.1) is 0 Å². The summed E-state index contributed by atoms with van der Waals surface area (Å²) in [6.07, 6.45) is 15.3. The van der Waals surface area contributed by atoms with E-state index in [-0.39, 0.29) is 0 Å². The topological polar surface area (TPSA) is 9.23 Å². The molecule has 0 saturated carbocycles. The van der Waals surface area contributed by atoms with Gasteiger partial charge < -0.3 is 0 Å². The van der Waals surface area contributed by atoms with Gasteiger partial charge in [-0.3, -0.25) is 0 Å². The van der Waals surface area contributed by atoms with Crippen LogP contribution in [-0.4, -0.2) is 25.4 Å². The molecule has 2 heteroatoms. The van der Waals surface area contributed by atoms with Crippen molar-refractivity contribution >= 4 is 18.8 Å². The van der Waals surface area contributed by atoms with Crippen molar-refractivity contribution in [1.82, 2.24) is 0 Å². The zero-order chi connectivity index (χ0) is 15.8. The third-order valence-electron chi connectivity index (χ3n) is 4.57. The van der Waals surface area contributed by atoms with Crippen LogP contribution in [-0.2, 0) is 3.07 Å². The fraction of sp³-hybridized carbons (Fsp3) is 1.00. The van der Waals surface area contributed by atoms with E-state index < -0.39 is 18.8 Å². The van der Waals surface area contributed by atoms with Crippen molar-refractivity contribution < 1.29 is 3.07 Å². The Hall–Kier alpha value is 0.759. The van der Waals surface area contributed by atoms with Crippen molar-refractivity contribution in [2.45, 2.75) is 112 Å². The molecule has 0 aromatic heterocycles. The van der Waals surface area contributed by atoms with Crippen molar-refractivity contribution in [1.29, 1.82) is 0 Å². The van der Waals surface area contributed by atoms with Crippen LogP contribution in [0.25, 0.3) is 0 Å². The summed E-state index contributed by atoms with van der Waals surface area (Å²) in [4.78, 5) is 0. The third kappa shape index (κ3) is 11.9. The van der Waals surface area contributed by atoms with Gasteiger partial charge in [0, 0.05) is 0 Å². The van der Waals surface area contributed by atoms with Gasteiger partial charge >= 0.3 is 140 Å². The van der Waals surface area contributed by atoms with Crippen LogP contribution in [0.2, 0.25) is 13.3 Å². The second-order valence-electron chi connectivity index (χ2n) is 6.76. The summed E-state index contributed by atoms with van der Waals surface area (Å²) < 4.78 is 11.1. The Morgan fingerprint density at radius 1 is 0.524 bits per heavy atom. The second kappa shape index (κ2) is 15.6. The van der Waals surface area contributed by atoms with Crippen LogP contribution in [0.3, 0.4) is 0 Å². The van der Waals surface area contributed by atoms with E-state index in [2.05, 4.69) is 27.7 Å². The van der Waals surface area contributed by atoms with Crippen LogP contribution < -0.4 is 0 Å². The quantitative estimate of drug-likeness (QED) is 0.193. The predicted octanol–water partition coefficient (Wildman–Crippen LogP) is 7.32. The summed E-state index contributed by atoms with van der Waals surface area (Å²) in [5.74, 6) is 0. The molecular formula is C19H42OSn. The Balaban J connectivity index is 4.28. The monoisotopic (exact) mass is 406 g/mol. The van der Waals surface area contributed by atoms with E-state index in [9.17, 15) is 0 Å². The average molecular weight is 405 g/mol.